The van der Waals surface area contributed by atoms with Crippen molar-refractivity contribution < 1.29 is 9.90 Å². The monoisotopic (exact) mass is 541 g/mol. The number of anilines is 1. The molecule has 188 valence electrons. The Balaban J connectivity index is 0.00000289. The average Bonchev–Trinajstić information content (AvgIpc) is 3.46. The molecule has 0 unspecified atom stereocenters. The predicted octanol–water partition coefficient (Wildman–Crippen LogP) is 2.35. The van der Waals surface area contributed by atoms with Crippen LogP contribution in [-0.4, -0.2) is 67.4 Å². The minimum Gasteiger partial charge on any atom is -0.392 e. The van der Waals surface area contributed by atoms with E-state index in [0.29, 0.717) is 72.5 Å². The largest absolute Gasteiger partial charge is 0.392 e. The molecule has 35 heavy (non-hydrogen) atoms. The SMILES string of the molecule is Cl.O=C([C@@H]1C[C@H](O)CN1)N1CCC(n2ncc3nc(NCc4ccc(Cl)c(Cl)c4)[nH]c(=O)c32)CC1. The molecule has 0 bridgehead atoms. The average molecular weight is 543 g/mol. The van der Waals surface area contributed by atoms with E-state index in [9.17, 15) is 14.7 Å². The number of aliphatic hydroxyl groups is 1. The highest BCUT2D eigenvalue weighted by molar-refractivity contribution is 6.42. The van der Waals surface area contributed by atoms with E-state index in [4.69, 9.17) is 23.2 Å². The summed E-state index contributed by atoms with van der Waals surface area (Å²) in [4.78, 5) is 34.7. The summed E-state index contributed by atoms with van der Waals surface area (Å²) >= 11 is 12.0. The molecule has 0 spiro atoms. The van der Waals surface area contributed by atoms with Crippen LogP contribution in [0.4, 0.5) is 5.95 Å². The fourth-order valence-corrected chi connectivity index (χ4v) is 4.94. The third-order valence-corrected chi connectivity index (χ3v) is 7.17. The number of benzene rings is 1. The van der Waals surface area contributed by atoms with Crippen LogP contribution >= 0.6 is 35.6 Å². The molecule has 0 radical (unpaired) electrons. The number of fused-ring (bicyclic) bond motifs is 1. The fourth-order valence-electron chi connectivity index (χ4n) is 4.62. The van der Waals surface area contributed by atoms with Crippen molar-refractivity contribution >= 4 is 58.5 Å². The first-order valence-corrected chi connectivity index (χ1v) is 12.0. The maximum Gasteiger partial charge on any atom is 0.278 e. The standard InChI is InChI=1S/C22H25Cl2N7O3.ClH/c23-15-2-1-12(7-16(15)24)9-26-22-28-18-11-27-31(19(18)20(33)29-22)13-3-5-30(6-4-13)21(34)17-8-14(32)10-25-17;/h1-2,7,11,13-14,17,25,32H,3-6,8-10H2,(H2,26,28,29,33);1H/t14-,17-;/m0./s1. The molecule has 4 N–H and O–H groups in total. The highest BCUT2D eigenvalue weighted by Crippen LogP contribution is 2.26. The van der Waals surface area contributed by atoms with Crippen LogP contribution in [-0.2, 0) is 11.3 Å². The molecule has 0 aliphatic carbocycles. The van der Waals surface area contributed by atoms with E-state index in [0.717, 1.165) is 5.56 Å². The molecule has 5 rings (SSSR count). The van der Waals surface area contributed by atoms with Gasteiger partial charge in [0.25, 0.3) is 5.56 Å². The number of nitrogens with one attached hydrogen (secondary N) is 3. The van der Waals surface area contributed by atoms with Gasteiger partial charge in [0.15, 0.2) is 5.52 Å². The number of β-amino-alcohol motifs (C(OH)–C–C–N with tert-alkyl or cyclic N) is 1. The lowest BCUT2D eigenvalue weighted by molar-refractivity contribution is -0.134. The second kappa shape index (κ2) is 10.7. The molecule has 2 aliphatic heterocycles. The normalized spacial score (nSPS) is 20.7. The molecule has 2 saturated heterocycles. The van der Waals surface area contributed by atoms with Crippen LogP contribution in [0.3, 0.4) is 0 Å². The number of carbonyl (C=O) groups excluding carboxylic acids is 1. The minimum absolute atomic E-state index is 0. The molecule has 1 aromatic carbocycles. The van der Waals surface area contributed by atoms with Crippen LogP contribution in [0.5, 0.6) is 0 Å². The Kier molecular flexibility index (Phi) is 7.87. The van der Waals surface area contributed by atoms with Crippen molar-refractivity contribution in [2.75, 3.05) is 25.0 Å². The molecule has 13 heteroatoms. The number of carbonyl (C=O) groups is 1. The van der Waals surface area contributed by atoms with E-state index in [1.165, 1.54) is 0 Å². The van der Waals surface area contributed by atoms with Crippen molar-refractivity contribution in [2.24, 2.45) is 0 Å². The van der Waals surface area contributed by atoms with E-state index in [1.54, 1.807) is 23.0 Å². The molecule has 10 nitrogen and oxygen atoms in total. The second-order valence-electron chi connectivity index (χ2n) is 8.75. The molecule has 0 saturated carbocycles. The third-order valence-electron chi connectivity index (χ3n) is 6.43. The number of H-pyrrole nitrogens is 1. The van der Waals surface area contributed by atoms with Gasteiger partial charge in [-0.2, -0.15) is 5.10 Å². The molecule has 3 aromatic rings. The van der Waals surface area contributed by atoms with Gasteiger partial charge in [-0.1, -0.05) is 29.3 Å². The van der Waals surface area contributed by atoms with Crippen LogP contribution in [0.1, 0.15) is 30.9 Å². The van der Waals surface area contributed by atoms with Gasteiger partial charge in [0.2, 0.25) is 11.9 Å². The molecular weight excluding hydrogens is 517 g/mol. The second-order valence-corrected chi connectivity index (χ2v) is 9.56. The van der Waals surface area contributed by atoms with Crippen molar-refractivity contribution in [3.05, 3.63) is 50.4 Å². The predicted molar refractivity (Wildman–Crippen MR) is 136 cm³/mol. The van der Waals surface area contributed by atoms with Crippen molar-refractivity contribution in [1.82, 2.24) is 30.0 Å². The van der Waals surface area contributed by atoms with Gasteiger partial charge in [-0.05, 0) is 37.0 Å². The topological polar surface area (TPSA) is 128 Å². The van der Waals surface area contributed by atoms with Crippen LogP contribution in [0, 0.1) is 0 Å². The van der Waals surface area contributed by atoms with Gasteiger partial charge in [0.1, 0.15) is 5.52 Å². The number of aromatic amines is 1. The molecule has 1 amide bonds. The highest BCUT2D eigenvalue weighted by atomic mass is 35.5. The Morgan fingerprint density at radius 2 is 2.00 bits per heavy atom. The van der Waals surface area contributed by atoms with E-state index in [-0.39, 0.29) is 36.0 Å². The molecule has 2 fully saturated rings. The number of aliphatic hydroxyl groups excluding tert-OH is 1. The Morgan fingerprint density at radius 1 is 1.23 bits per heavy atom. The number of piperidine rings is 1. The van der Waals surface area contributed by atoms with Gasteiger partial charge >= 0.3 is 0 Å². The number of aromatic nitrogens is 4. The Labute approximate surface area is 217 Å². The number of rotatable bonds is 5. The maximum absolute atomic E-state index is 12.9. The maximum atomic E-state index is 12.9. The number of likely N-dealkylation sites (tertiary alicyclic amines) is 1. The number of amides is 1. The lowest BCUT2D eigenvalue weighted by Crippen LogP contribution is -2.47. The first-order valence-electron chi connectivity index (χ1n) is 11.2. The molecule has 2 aliphatic rings. The van der Waals surface area contributed by atoms with Gasteiger partial charge in [0, 0.05) is 26.2 Å². The molecule has 2 atom stereocenters. The zero-order valence-electron chi connectivity index (χ0n) is 18.7. The lowest BCUT2D eigenvalue weighted by Gasteiger charge is -2.33. The molecular formula is C22H26Cl3N7O3. The quantitative estimate of drug-likeness (QED) is 0.390. The minimum atomic E-state index is -0.468. The van der Waals surface area contributed by atoms with Gasteiger partial charge < -0.3 is 20.6 Å². The summed E-state index contributed by atoms with van der Waals surface area (Å²) in [6.07, 6.45) is 2.95. The summed E-state index contributed by atoms with van der Waals surface area (Å²) in [7, 11) is 0. The zero-order valence-corrected chi connectivity index (χ0v) is 21.0. The first kappa shape index (κ1) is 25.7. The summed E-state index contributed by atoms with van der Waals surface area (Å²) < 4.78 is 1.73. The van der Waals surface area contributed by atoms with Crippen LogP contribution < -0.4 is 16.2 Å². The van der Waals surface area contributed by atoms with Crippen molar-refractivity contribution in [3.8, 4) is 0 Å². The summed E-state index contributed by atoms with van der Waals surface area (Å²) in [5, 5.41) is 21.2. The number of halogens is 3. The van der Waals surface area contributed by atoms with Crippen LogP contribution in [0.15, 0.2) is 29.2 Å². The van der Waals surface area contributed by atoms with E-state index < -0.39 is 6.10 Å². The summed E-state index contributed by atoms with van der Waals surface area (Å²) in [5.74, 6) is 0.368. The number of nitrogens with zero attached hydrogens (tertiary/aromatic N) is 4. The Hall–Kier alpha value is -2.37. The number of hydrogen-bond donors (Lipinski definition) is 4. The van der Waals surface area contributed by atoms with Crippen molar-refractivity contribution in [1.29, 1.82) is 0 Å². The van der Waals surface area contributed by atoms with Crippen LogP contribution in [0.25, 0.3) is 11.0 Å². The lowest BCUT2D eigenvalue weighted by atomic mass is 10.0. The van der Waals surface area contributed by atoms with Gasteiger partial charge in [0.05, 0.1) is 34.4 Å². The first-order chi connectivity index (χ1) is 16.4. The van der Waals surface area contributed by atoms with Crippen LogP contribution in [0.2, 0.25) is 10.0 Å². The summed E-state index contributed by atoms with van der Waals surface area (Å²) in [5.41, 5.74) is 1.55. The van der Waals surface area contributed by atoms with Crippen molar-refractivity contribution in [2.45, 2.75) is 44.0 Å². The molecule has 4 heterocycles. The zero-order chi connectivity index (χ0) is 23.8. The molecule has 2 aromatic heterocycles. The van der Waals surface area contributed by atoms with Gasteiger partial charge in [-0.3, -0.25) is 19.3 Å². The van der Waals surface area contributed by atoms with E-state index >= 15 is 0 Å². The highest BCUT2D eigenvalue weighted by Gasteiger charge is 2.34. The van der Waals surface area contributed by atoms with E-state index in [1.807, 2.05) is 11.0 Å². The number of hydrogen-bond acceptors (Lipinski definition) is 7. The third kappa shape index (κ3) is 5.41. The van der Waals surface area contributed by atoms with E-state index in [2.05, 4.69) is 25.7 Å². The summed E-state index contributed by atoms with van der Waals surface area (Å²) in [6.45, 7) is 2.02. The van der Waals surface area contributed by atoms with Gasteiger partial charge in [-0.15, -0.1) is 12.4 Å². The fraction of sp³-hybridized carbons (Fsp3) is 0.455. The Morgan fingerprint density at radius 3 is 2.69 bits per heavy atom. The van der Waals surface area contributed by atoms with Crippen molar-refractivity contribution in [3.63, 3.8) is 0 Å². The van der Waals surface area contributed by atoms with Gasteiger partial charge in [-0.25, -0.2) is 4.98 Å². The smallest absolute Gasteiger partial charge is 0.278 e. The summed E-state index contributed by atoms with van der Waals surface area (Å²) in [6, 6.07) is 5.00. The Bertz CT molecular complexity index is 1270.